The van der Waals surface area contributed by atoms with Crippen LogP contribution in [0, 0.1) is 34.5 Å². The van der Waals surface area contributed by atoms with Crippen molar-refractivity contribution in [1.82, 2.24) is 0 Å². The number of hydrogen-bond acceptors (Lipinski definition) is 3. The Morgan fingerprint density at radius 3 is 2.57 bits per heavy atom. The minimum absolute atomic E-state index is 0.0522. The van der Waals surface area contributed by atoms with Crippen LogP contribution in [0.25, 0.3) is 0 Å². The molecule has 4 aliphatic rings. The van der Waals surface area contributed by atoms with E-state index in [0.717, 1.165) is 12.8 Å². The lowest BCUT2D eigenvalue weighted by molar-refractivity contribution is -0.200. The van der Waals surface area contributed by atoms with Crippen LogP contribution in [0.1, 0.15) is 58.8 Å². The molecule has 0 aromatic carbocycles. The van der Waals surface area contributed by atoms with E-state index in [-0.39, 0.29) is 34.9 Å². The molecule has 0 heterocycles. The number of carbonyl (C=O) groups is 1. The van der Waals surface area contributed by atoms with Gasteiger partial charge in [-0.1, -0.05) is 13.8 Å². The van der Waals surface area contributed by atoms with Gasteiger partial charge in [-0.15, -0.1) is 0 Å². The predicted molar refractivity (Wildman–Crippen MR) is 84.4 cm³/mol. The minimum Gasteiger partial charge on any atom is -0.393 e. The number of hydrogen-bond donors (Lipinski definition) is 2. The molecule has 0 aliphatic heterocycles. The molecule has 4 saturated carbocycles. The smallest absolute Gasteiger partial charge is 0.139 e. The molecule has 9 atom stereocenters. The standard InChI is InChI=1S/C19H29FO3/c1-18-6-5-10(20)7-13(18)14(21)8-11-12-3-4-16(23)19(12,2)9-15(22)17(11)18/h10-15,17,21-22H,3-9H2,1-2H3/t10-,11-,12+,13-,14+,15-,17+,18+,19+/m1/s1. The van der Waals surface area contributed by atoms with E-state index in [9.17, 15) is 19.4 Å². The molecule has 0 unspecified atom stereocenters. The van der Waals surface area contributed by atoms with Gasteiger partial charge in [-0.3, -0.25) is 4.79 Å². The van der Waals surface area contributed by atoms with E-state index >= 15 is 0 Å². The number of aliphatic hydroxyl groups excluding tert-OH is 2. The van der Waals surface area contributed by atoms with Crippen molar-refractivity contribution < 1.29 is 19.4 Å². The van der Waals surface area contributed by atoms with Crippen molar-refractivity contribution in [3.05, 3.63) is 0 Å². The van der Waals surface area contributed by atoms with Gasteiger partial charge >= 0.3 is 0 Å². The Bertz CT molecular complexity index is 523. The molecule has 3 nitrogen and oxygen atoms in total. The fourth-order valence-corrected chi connectivity index (χ4v) is 7.15. The molecule has 0 aromatic rings. The van der Waals surface area contributed by atoms with Crippen LogP contribution in [0.15, 0.2) is 0 Å². The van der Waals surface area contributed by atoms with Crippen molar-refractivity contribution in [3.63, 3.8) is 0 Å². The van der Waals surface area contributed by atoms with E-state index in [1.165, 1.54) is 0 Å². The molecule has 23 heavy (non-hydrogen) atoms. The second-order valence-electron chi connectivity index (χ2n) is 9.23. The van der Waals surface area contributed by atoms with Crippen LogP contribution in [0.2, 0.25) is 0 Å². The molecule has 4 rings (SSSR count). The number of alkyl halides is 1. The van der Waals surface area contributed by atoms with Gasteiger partial charge in [0, 0.05) is 11.8 Å². The molecule has 0 spiro atoms. The quantitative estimate of drug-likeness (QED) is 0.720. The minimum atomic E-state index is -0.821. The van der Waals surface area contributed by atoms with Crippen LogP contribution in [-0.2, 0) is 4.79 Å². The van der Waals surface area contributed by atoms with Crippen molar-refractivity contribution in [3.8, 4) is 0 Å². The zero-order chi connectivity index (χ0) is 16.6. The average molecular weight is 324 g/mol. The molecular weight excluding hydrogens is 295 g/mol. The maximum absolute atomic E-state index is 13.9. The Hall–Kier alpha value is -0.480. The maximum Gasteiger partial charge on any atom is 0.139 e. The molecule has 0 bridgehead atoms. The van der Waals surface area contributed by atoms with Crippen molar-refractivity contribution in [2.45, 2.75) is 77.2 Å². The molecule has 0 aromatic heterocycles. The van der Waals surface area contributed by atoms with Gasteiger partial charge in [-0.2, -0.15) is 0 Å². The van der Waals surface area contributed by atoms with E-state index in [1.807, 2.05) is 6.92 Å². The van der Waals surface area contributed by atoms with E-state index in [0.29, 0.717) is 32.1 Å². The van der Waals surface area contributed by atoms with Crippen LogP contribution in [-0.4, -0.2) is 34.4 Å². The summed E-state index contributed by atoms with van der Waals surface area (Å²) in [7, 11) is 0. The number of aliphatic hydroxyl groups is 2. The topological polar surface area (TPSA) is 57.5 Å². The zero-order valence-electron chi connectivity index (χ0n) is 14.2. The third-order valence-electron chi connectivity index (χ3n) is 8.26. The maximum atomic E-state index is 13.9. The number of rotatable bonds is 0. The van der Waals surface area contributed by atoms with Gasteiger partial charge in [0.1, 0.15) is 12.0 Å². The Morgan fingerprint density at radius 1 is 1.09 bits per heavy atom. The molecule has 0 radical (unpaired) electrons. The summed E-state index contributed by atoms with van der Waals surface area (Å²) in [4.78, 5) is 12.4. The van der Waals surface area contributed by atoms with E-state index in [2.05, 4.69) is 6.92 Å². The highest BCUT2D eigenvalue weighted by atomic mass is 19.1. The van der Waals surface area contributed by atoms with Gasteiger partial charge in [0.05, 0.1) is 12.2 Å². The monoisotopic (exact) mass is 324 g/mol. The highest BCUT2D eigenvalue weighted by molar-refractivity contribution is 5.87. The van der Waals surface area contributed by atoms with Crippen molar-refractivity contribution >= 4 is 5.78 Å². The van der Waals surface area contributed by atoms with Crippen LogP contribution >= 0.6 is 0 Å². The van der Waals surface area contributed by atoms with Gasteiger partial charge in [-0.25, -0.2) is 4.39 Å². The summed E-state index contributed by atoms with van der Waals surface area (Å²) in [5.41, 5.74) is -0.613. The number of Topliss-reactive ketones (excluding diaryl/α,β-unsaturated/α-hetero) is 1. The summed E-state index contributed by atoms with van der Waals surface area (Å²) in [5, 5.41) is 21.7. The second kappa shape index (κ2) is 5.01. The molecule has 4 fully saturated rings. The predicted octanol–water partition coefficient (Wildman–Crippen LogP) is 2.88. The first-order valence-electron chi connectivity index (χ1n) is 9.31. The van der Waals surface area contributed by atoms with Crippen molar-refractivity contribution in [2.24, 2.45) is 34.5 Å². The van der Waals surface area contributed by atoms with Crippen LogP contribution in [0.4, 0.5) is 4.39 Å². The fraction of sp³-hybridized carbons (Fsp3) is 0.947. The first kappa shape index (κ1) is 16.0. The lowest BCUT2D eigenvalue weighted by Crippen LogP contribution is -2.62. The Morgan fingerprint density at radius 2 is 1.83 bits per heavy atom. The third kappa shape index (κ3) is 2.03. The normalized spacial score (nSPS) is 59.2. The van der Waals surface area contributed by atoms with Gasteiger partial charge in [0.25, 0.3) is 0 Å². The molecule has 0 amide bonds. The molecule has 130 valence electrons. The first-order chi connectivity index (χ1) is 10.8. The Kier molecular flexibility index (Phi) is 3.49. The van der Waals surface area contributed by atoms with Crippen molar-refractivity contribution in [1.29, 1.82) is 0 Å². The van der Waals surface area contributed by atoms with E-state index < -0.39 is 23.8 Å². The number of carbonyl (C=O) groups excluding carboxylic acids is 1. The Balaban J connectivity index is 1.73. The summed E-state index contributed by atoms with van der Waals surface area (Å²) in [6.45, 7) is 4.18. The highest BCUT2D eigenvalue weighted by Crippen LogP contribution is 2.65. The lowest BCUT2D eigenvalue weighted by Gasteiger charge is -2.62. The van der Waals surface area contributed by atoms with Crippen LogP contribution in [0.5, 0.6) is 0 Å². The van der Waals surface area contributed by atoms with Crippen molar-refractivity contribution in [2.75, 3.05) is 0 Å². The number of ketones is 1. The fourth-order valence-electron chi connectivity index (χ4n) is 7.15. The van der Waals surface area contributed by atoms with Gasteiger partial charge in [-0.05, 0) is 67.6 Å². The number of fused-ring (bicyclic) bond motifs is 5. The van der Waals surface area contributed by atoms with E-state index in [4.69, 9.17) is 0 Å². The van der Waals surface area contributed by atoms with Crippen LogP contribution in [0.3, 0.4) is 0 Å². The molecule has 4 aliphatic carbocycles. The Labute approximate surface area is 137 Å². The molecular formula is C19H29FO3. The highest BCUT2D eigenvalue weighted by Gasteiger charge is 2.64. The molecule has 2 N–H and O–H groups in total. The van der Waals surface area contributed by atoms with Gasteiger partial charge in [0.2, 0.25) is 0 Å². The third-order valence-corrected chi connectivity index (χ3v) is 8.26. The number of halogens is 1. The molecule has 4 heteroatoms. The summed E-state index contributed by atoms with van der Waals surface area (Å²) in [5.74, 6) is 0.812. The molecule has 0 saturated heterocycles. The first-order valence-corrected chi connectivity index (χ1v) is 9.31. The lowest BCUT2D eigenvalue weighted by atomic mass is 9.44. The van der Waals surface area contributed by atoms with E-state index in [1.54, 1.807) is 0 Å². The summed E-state index contributed by atoms with van der Waals surface area (Å²) < 4.78 is 13.9. The zero-order valence-corrected chi connectivity index (χ0v) is 14.2. The largest absolute Gasteiger partial charge is 0.393 e. The SMILES string of the molecule is C[C@]12CC[C@@H](F)C[C@@H]1[C@@H](O)C[C@H]1[C@H]2[C@H](O)C[C@]2(C)C(=O)CC[C@@H]12. The van der Waals surface area contributed by atoms with Crippen LogP contribution < -0.4 is 0 Å². The summed E-state index contributed by atoms with van der Waals surface area (Å²) in [6, 6.07) is 0. The summed E-state index contributed by atoms with van der Waals surface area (Å²) >= 11 is 0. The second-order valence-corrected chi connectivity index (χ2v) is 9.23. The van der Waals surface area contributed by atoms with Gasteiger partial charge in [0.15, 0.2) is 0 Å². The van der Waals surface area contributed by atoms with Gasteiger partial charge < -0.3 is 10.2 Å². The summed E-state index contributed by atoms with van der Waals surface area (Å²) in [6.07, 6.45) is 2.57. The average Bonchev–Trinajstić information content (AvgIpc) is 2.76.